The van der Waals surface area contributed by atoms with Crippen molar-refractivity contribution in [1.82, 2.24) is 14.8 Å². The lowest BCUT2D eigenvalue weighted by molar-refractivity contribution is -0.274. The molecule has 7 nitrogen and oxygen atoms in total. The van der Waals surface area contributed by atoms with Crippen molar-refractivity contribution in [2.24, 2.45) is 0 Å². The maximum absolute atomic E-state index is 13.0. The van der Waals surface area contributed by atoms with E-state index in [1.165, 1.54) is 35.3 Å². The average molecular weight is 515 g/mol. The summed E-state index contributed by atoms with van der Waals surface area (Å²) in [5.74, 6) is -0.175. The fourth-order valence-electron chi connectivity index (χ4n) is 3.69. The van der Waals surface area contributed by atoms with Crippen molar-refractivity contribution < 1.29 is 22.7 Å². The number of halogens is 3. The van der Waals surface area contributed by atoms with E-state index in [4.69, 9.17) is 0 Å². The molecule has 0 fully saturated rings. The fourth-order valence-corrected chi connectivity index (χ4v) is 3.69. The Kier molecular flexibility index (Phi) is 6.77. The minimum atomic E-state index is -4.75. The molecule has 0 saturated heterocycles. The molecule has 190 valence electrons. The molecule has 0 aliphatic heterocycles. The molecular weight excluding hydrogens is 495 g/mol. The number of carbonyl (C=O) groups excluding carboxylic acids is 1. The molecule has 1 heterocycles. The van der Waals surface area contributed by atoms with E-state index in [0.717, 1.165) is 5.69 Å². The van der Waals surface area contributed by atoms with Crippen molar-refractivity contribution in [2.75, 3.05) is 10.6 Å². The molecule has 0 bridgehead atoms. The van der Waals surface area contributed by atoms with Crippen LogP contribution in [0.4, 0.5) is 30.2 Å². The van der Waals surface area contributed by atoms with E-state index in [0.29, 0.717) is 34.0 Å². The second-order valence-corrected chi connectivity index (χ2v) is 8.12. The normalized spacial score (nSPS) is 11.1. The van der Waals surface area contributed by atoms with Crippen molar-refractivity contribution in [3.63, 3.8) is 0 Å². The van der Waals surface area contributed by atoms with Crippen LogP contribution in [0.3, 0.4) is 0 Å². The zero-order valence-electron chi connectivity index (χ0n) is 19.7. The summed E-state index contributed by atoms with van der Waals surface area (Å²) in [5, 5.41) is 10.6. The van der Waals surface area contributed by atoms with Gasteiger partial charge in [-0.15, -0.1) is 18.3 Å². The van der Waals surface area contributed by atoms with E-state index < -0.39 is 6.36 Å². The van der Waals surface area contributed by atoms with Gasteiger partial charge in [-0.05, 0) is 72.8 Å². The first kappa shape index (κ1) is 24.6. The molecule has 4 aromatic carbocycles. The summed E-state index contributed by atoms with van der Waals surface area (Å²) in [6.45, 7) is 0. The van der Waals surface area contributed by atoms with Crippen LogP contribution in [0.5, 0.6) is 5.75 Å². The SMILES string of the molecule is O=C(Nc1ccc(-c2ncn(-c3ccc(OC(F)(F)F)cc3)n2)cc1)c1ccccc1Nc1ccccc1. The molecule has 10 heteroatoms. The molecule has 0 unspecified atom stereocenters. The van der Waals surface area contributed by atoms with E-state index in [2.05, 4.69) is 25.5 Å². The van der Waals surface area contributed by atoms with Crippen LogP contribution in [-0.2, 0) is 0 Å². The minimum absolute atomic E-state index is 0.267. The quantitative estimate of drug-likeness (QED) is 0.248. The summed E-state index contributed by atoms with van der Waals surface area (Å²) < 4.78 is 42.4. The predicted octanol–water partition coefficient (Wildman–Crippen LogP) is 6.83. The van der Waals surface area contributed by atoms with Crippen molar-refractivity contribution in [3.05, 3.63) is 115 Å². The molecule has 0 saturated carbocycles. The number of nitrogens with zero attached hydrogens (tertiary/aromatic N) is 3. The molecule has 1 aromatic heterocycles. The summed E-state index contributed by atoms with van der Waals surface area (Å²) in [4.78, 5) is 17.3. The Morgan fingerprint density at radius 3 is 2.18 bits per heavy atom. The molecule has 0 aliphatic carbocycles. The van der Waals surface area contributed by atoms with Gasteiger partial charge in [0.1, 0.15) is 12.1 Å². The van der Waals surface area contributed by atoms with Gasteiger partial charge in [-0.25, -0.2) is 9.67 Å². The number of rotatable bonds is 7. The predicted molar refractivity (Wildman–Crippen MR) is 138 cm³/mol. The van der Waals surface area contributed by atoms with E-state index in [1.807, 2.05) is 42.5 Å². The Hall–Kier alpha value is -5.12. The van der Waals surface area contributed by atoms with Gasteiger partial charge in [0.15, 0.2) is 5.82 Å². The molecule has 0 spiro atoms. The Morgan fingerprint density at radius 2 is 1.47 bits per heavy atom. The summed E-state index contributed by atoms with van der Waals surface area (Å²) in [5.41, 5.74) is 3.85. The van der Waals surface area contributed by atoms with Gasteiger partial charge in [0.25, 0.3) is 5.91 Å². The molecule has 5 aromatic rings. The van der Waals surface area contributed by atoms with Crippen LogP contribution in [-0.4, -0.2) is 27.0 Å². The van der Waals surface area contributed by atoms with Gasteiger partial charge >= 0.3 is 6.36 Å². The zero-order chi connectivity index (χ0) is 26.5. The van der Waals surface area contributed by atoms with Crippen molar-refractivity contribution in [2.45, 2.75) is 6.36 Å². The second kappa shape index (κ2) is 10.5. The Bertz CT molecular complexity index is 1530. The van der Waals surface area contributed by atoms with Gasteiger partial charge < -0.3 is 15.4 Å². The van der Waals surface area contributed by atoms with Crippen LogP contribution in [0.1, 0.15) is 10.4 Å². The van der Waals surface area contributed by atoms with Gasteiger partial charge in [-0.2, -0.15) is 0 Å². The standard InChI is InChI=1S/C28H20F3N5O2/c29-28(30,31)38-23-16-14-22(15-17-23)36-18-32-26(35-36)19-10-12-21(13-11-19)34-27(37)24-8-4-5-9-25(24)33-20-6-2-1-3-7-20/h1-18,33H,(H,34,37). The van der Waals surface area contributed by atoms with Gasteiger partial charge in [0.05, 0.1) is 16.9 Å². The van der Waals surface area contributed by atoms with Gasteiger partial charge in [-0.1, -0.05) is 30.3 Å². The van der Waals surface area contributed by atoms with Gasteiger partial charge in [0.2, 0.25) is 0 Å². The topological polar surface area (TPSA) is 81.1 Å². The highest BCUT2D eigenvalue weighted by Gasteiger charge is 2.31. The van der Waals surface area contributed by atoms with Gasteiger partial charge in [0, 0.05) is 16.9 Å². The number of ether oxygens (including phenoxy) is 1. The number of hydrogen-bond acceptors (Lipinski definition) is 5. The van der Waals surface area contributed by atoms with Gasteiger partial charge in [-0.3, -0.25) is 4.79 Å². The number of nitrogens with one attached hydrogen (secondary N) is 2. The molecule has 0 atom stereocenters. The Balaban J connectivity index is 1.26. The van der Waals surface area contributed by atoms with E-state index in [1.54, 1.807) is 36.4 Å². The molecule has 0 aliphatic rings. The van der Waals surface area contributed by atoms with Crippen LogP contribution >= 0.6 is 0 Å². The monoisotopic (exact) mass is 515 g/mol. The van der Waals surface area contributed by atoms with Crippen molar-refractivity contribution in [3.8, 4) is 22.8 Å². The number of alkyl halides is 3. The van der Waals surface area contributed by atoms with Crippen molar-refractivity contribution in [1.29, 1.82) is 0 Å². The van der Waals surface area contributed by atoms with Crippen LogP contribution < -0.4 is 15.4 Å². The molecule has 5 rings (SSSR count). The first-order valence-electron chi connectivity index (χ1n) is 11.4. The summed E-state index contributed by atoms with van der Waals surface area (Å²) in [6.07, 6.45) is -3.29. The largest absolute Gasteiger partial charge is 0.573 e. The number of benzene rings is 4. The lowest BCUT2D eigenvalue weighted by Crippen LogP contribution is -2.17. The Morgan fingerprint density at radius 1 is 0.789 bits per heavy atom. The third-order valence-electron chi connectivity index (χ3n) is 5.45. The Labute approximate surface area is 215 Å². The first-order chi connectivity index (χ1) is 18.3. The number of carbonyl (C=O) groups is 1. The maximum atomic E-state index is 13.0. The highest BCUT2D eigenvalue weighted by molar-refractivity contribution is 6.08. The van der Waals surface area contributed by atoms with E-state index in [-0.39, 0.29) is 11.7 Å². The fraction of sp³-hybridized carbons (Fsp3) is 0.0357. The number of hydrogen-bond donors (Lipinski definition) is 2. The zero-order valence-corrected chi connectivity index (χ0v) is 19.7. The molecule has 0 radical (unpaired) electrons. The third-order valence-corrected chi connectivity index (χ3v) is 5.45. The maximum Gasteiger partial charge on any atom is 0.573 e. The average Bonchev–Trinajstić information content (AvgIpc) is 3.40. The second-order valence-electron chi connectivity index (χ2n) is 8.12. The molecular formula is C28H20F3N5O2. The van der Waals surface area contributed by atoms with Crippen molar-refractivity contribution >= 4 is 23.0 Å². The molecule has 38 heavy (non-hydrogen) atoms. The minimum Gasteiger partial charge on any atom is -0.406 e. The third kappa shape index (κ3) is 5.98. The van der Waals surface area contributed by atoms with Crippen LogP contribution in [0.25, 0.3) is 17.1 Å². The number of amides is 1. The number of aromatic nitrogens is 3. The summed E-state index contributed by atoms with van der Waals surface area (Å²) >= 11 is 0. The number of para-hydroxylation sites is 2. The first-order valence-corrected chi connectivity index (χ1v) is 11.4. The summed E-state index contributed by atoms with van der Waals surface area (Å²) in [7, 11) is 0. The summed E-state index contributed by atoms with van der Waals surface area (Å²) in [6, 6.07) is 29.1. The molecule has 1 amide bonds. The van der Waals surface area contributed by atoms with E-state index >= 15 is 0 Å². The lowest BCUT2D eigenvalue weighted by atomic mass is 10.1. The van der Waals surface area contributed by atoms with Crippen LogP contribution in [0.2, 0.25) is 0 Å². The molecule has 2 N–H and O–H groups in total. The highest BCUT2D eigenvalue weighted by atomic mass is 19.4. The van der Waals surface area contributed by atoms with Crippen LogP contribution in [0, 0.1) is 0 Å². The lowest BCUT2D eigenvalue weighted by Gasteiger charge is -2.12. The smallest absolute Gasteiger partial charge is 0.406 e. The number of anilines is 3. The highest BCUT2D eigenvalue weighted by Crippen LogP contribution is 2.25. The van der Waals surface area contributed by atoms with E-state index in [9.17, 15) is 18.0 Å². The van der Waals surface area contributed by atoms with Crippen LogP contribution in [0.15, 0.2) is 109 Å².